The molecule has 0 atom stereocenters. The van der Waals surface area contributed by atoms with Crippen molar-refractivity contribution < 1.29 is 0 Å². The normalized spacial score (nSPS) is 13.0. The van der Waals surface area contributed by atoms with Gasteiger partial charge in [-0.2, -0.15) is 0 Å². The maximum Gasteiger partial charge on any atom is 0.256 e. The Labute approximate surface area is 251 Å². The van der Waals surface area contributed by atoms with E-state index in [1.54, 1.807) is 0 Å². The van der Waals surface area contributed by atoms with E-state index in [2.05, 4.69) is 145 Å². The molecule has 0 radical (unpaired) electrons. The molecule has 0 saturated carbocycles. The summed E-state index contributed by atoms with van der Waals surface area (Å²) in [5.74, 6) is 0. The molecule has 0 saturated heterocycles. The number of anilines is 2. The number of hydrogen-bond donors (Lipinski definition) is 0. The minimum atomic E-state index is 0.314. The second-order valence-electron chi connectivity index (χ2n) is 10.8. The van der Waals surface area contributed by atoms with Crippen LogP contribution in [0.3, 0.4) is 0 Å². The van der Waals surface area contributed by atoms with E-state index in [-0.39, 0.29) is 0 Å². The maximum atomic E-state index is 2.40. The van der Waals surface area contributed by atoms with Gasteiger partial charge in [0.15, 0.2) is 0 Å². The van der Waals surface area contributed by atoms with Crippen molar-refractivity contribution in [3.05, 3.63) is 152 Å². The molecule has 3 heteroatoms. The standard InChI is InChI=1S/C39H28BNS/c1-2-3-4-5-12-24-41(29-16-10-7-11-17-29)30-21-22-32-36(26-30)42-39-37(32)33-19-13-18-31-34-25-28(27-14-8-6-9-15-27)20-23-35(34)40(39)38(31)33/h2-26H,1H3/b3-2-,5-4-,24-12+. The molecule has 2 aliphatic heterocycles. The monoisotopic (exact) mass is 553 g/mol. The second kappa shape index (κ2) is 10.2. The lowest BCUT2D eigenvalue weighted by Crippen LogP contribution is -2.44. The molecule has 0 fully saturated rings. The summed E-state index contributed by atoms with van der Waals surface area (Å²) in [6.45, 7) is 2.34. The third kappa shape index (κ3) is 3.93. The fraction of sp³-hybridized carbons (Fsp3) is 0.0256. The van der Waals surface area contributed by atoms with Crippen LogP contribution in [0, 0.1) is 0 Å². The molecule has 0 bridgehead atoms. The van der Waals surface area contributed by atoms with Crippen molar-refractivity contribution in [1.82, 2.24) is 0 Å². The molecule has 6 aromatic rings. The Morgan fingerprint density at radius 1 is 0.619 bits per heavy atom. The average molecular weight is 554 g/mol. The smallest absolute Gasteiger partial charge is 0.256 e. The van der Waals surface area contributed by atoms with Crippen molar-refractivity contribution in [3.63, 3.8) is 0 Å². The highest BCUT2D eigenvalue weighted by Crippen LogP contribution is 2.42. The molecule has 8 rings (SSSR count). The molecule has 5 aromatic carbocycles. The number of hydrogen-bond acceptors (Lipinski definition) is 2. The Hall–Kier alpha value is -4.86. The highest BCUT2D eigenvalue weighted by molar-refractivity contribution is 7.34. The molecular formula is C39H28BNS. The zero-order chi connectivity index (χ0) is 28.0. The van der Waals surface area contributed by atoms with Crippen LogP contribution in [0.4, 0.5) is 11.4 Å². The molecule has 0 N–H and O–H groups in total. The van der Waals surface area contributed by atoms with Crippen molar-refractivity contribution in [3.8, 4) is 33.4 Å². The quantitative estimate of drug-likeness (QED) is 0.147. The minimum absolute atomic E-state index is 0.314. The van der Waals surface area contributed by atoms with Gasteiger partial charge < -0.3 is 4.90 Å². The van der Waals surface area contributed by atoms with Gasteiger partial charge in [0.25, 0.3) is 6.71 Å². The van der Waals surface area contributed by atoms with Crippen molar-refractivity contribution in [2.75, 3.05) is 4.90 Å². The Balaban J connectivity index is 1.24. The van der Waals surface area contributed by atoms with Crippen molar-refractivity contribution in [2.24, 2.45) is 0 Å². The van der Waals surface area contributed by atoms with E-state index < -0.39 is 0 Å². The summed E-state index contributed by atoms with van der Waals surface area (Å²) < 4.78 is 2.81. The van der Waals surface area contributed by atoms with Crippen LogP contribution in [0.2, 0.25) is 0 Å². The van der Waals surface area contributed by atoms with Crippen LogP contribution in [-0.4, -0.2) is 6.71 Å². The lowest BCUT2D eigenvalue weighted by molar-refractivity contribution is 1.29. The highest BCUT2D eigenvalue weighted by Gasteiger charge is 2.43. The highest BCUT2D eigenvalue weighted by atomic mass is 32.1. The van der Waals surface area contributed by atoms with E-state index in [0.717, 1.165) is 11.4 Å². The summed E-state index contributed by atoms with van der Waals surface area (Å²) >= 11 is 1.96. The average Bonchev–Trinajstić information content (AvgIpc) is 3.69. The van der Waals surface area contributed by atoms with E-state index in [1.165, 1.54) is 59.2 Å². The van der Waals surface area contributed by atoms with Gasteiger partial charge in [-0.3, -0.25) is 0 Å². The van der Waals surface area contributed by atoms with E-state index in [0.29, 0.717) is 6.71 Å². The predicted molar refractivity (Wildman–Crippen MR) is 184 cm³/mol. The Kier molecular flexibility index (Phi) is 6.05. The third-order valence-corrected chi connectivity index (χ3v) is 9.68. The summed E-state index contributed by atoms with van der Waals surface area (Å²) in [7, 11) is 0. The molecule has 2 aliphatic rings. The first-order valence-corrected chi connectivity index (χ1v) is 15.3. The lowest BCUT2D eigenvalue weighted by Gasteiger charge is -2.21. The van der Waals surface area contributed by atoms with Gasteiger partial charge in [-0.15, -0.1) is 11.3 Å². The van der Waals surface area contributed by atoms with Gasteiger partial charge in [0.1, 0.15) is 0 Å². The van der Waals surface area contributed by atoms with Crippen molar-refractivity contribution in [2.45, 2.75) is 6.92 Å². The predicted octanol–water partition coefficient (Wildman–Crippen LogP) is 8.83. The van der Waals surface area contributed by atoms with Gasteiger partial charge in [-0.05, 0) is 86.9 Å². The van der Waals surface area contributed by atoms with Crippen molar-refractivity contribution in [1.29, 1.82) is 0 Å². The topological polar surface area (TPSA) is 3.24 Å². The molecule has 3 heterocycles. The van der Waals surface area contributed by atoms with E-state index in [4.69, 9.17) is 0 Å². The van der Waals surface area contributed by atoms with Gasteiger partial charge in [0, 0.05) is 22.3 Å². The molecule has 0 amide bonds. The fourth-order valence-electron chi connectivity index (χ4n) is 6.63. The van der Waals surface area contributed by atoms with Gasteiger partial charge in [-0.25, -0.2) is 0 Å². The number of benzene rings is 5. The molecular weight excluding hydrogens is 525 g/mol. The molecule has 0 spiro atoms. The van der Waals surface area contributed by atoms with Crippen LogP contribution in [-0.2, 0) is 0 Å². The summed E-state index contributed by atoms with van der Waals surface area (Å²) in [5, 5.41) is 1.36. The molecule has 42 heavy (non-hydrogen) atoms. The van der Waals surface area contributed by atoms with Crippen LogP contribution in [0.25, 0.3) is 43.5 Å². The fourth-order valence-corrected chi connectivity index (χ4v) is 8.01. The van der Waals surface area contributed by atoms with E-state index >= 15 is 0 Å². The van der Waals surface area contributed by atoms with Gasteiger partial charge in [-0.1, -0.05) is 120 Å². The molecule has 0 unspecified atom stereocenters. The van der Waals surface area contributed by atoms with Gasteiger partial charge >= 0.3 is 0 Å². The number of thiophene rings is 1. The number of para-hydroxylation sites is 1. The zero-order valence-corrected chi connectivity index (χ0v) is 24.2. The van der Waals surface area contributed by atoms with Gasteiger partial charge in [0.2, 0.25) is 0 Å². The Morgan fingerprint density at radius 3 is 2.24 bits per heavy atom. The van der Waals surface area contributed by atoms with Crippen LogP contribution < -0.4 is 20.6 Å². The number of fused-ring (bicyclic) bond motifs is 8. The largest absolute Gasteiger partial charge is 0.317 e. The maximum absolute atomic E-state index is 2.40. The third-order valence-electron chi connectivity index (χ3n) is 8.46. The summed E-state index contributed by atoms with van der Waals surface area (Å²) in [6.07, 6.45) is 12.5. The number of rotatable bonds is 6. The van der Waals surface area contributed by atoms with Crippen LogP contribution in [0.15, 0.2) is 152 Å². The second-order valence-corrected chi connectivity index (χ2v) is 11.9. The lowest BCUT2D eigenvalue weighted by atomic mass is 9.44. The Morgan fingerprint density at radius 2 is 1.40 bits per heavy atom. The minimum Gasteiger partial charge on any atom is -0.317 e. The van der Waals surface area contributed by atoms with Crippen LogP contribution >= 0.6 is 11.3 Å². The summed E-state index contributed by atoms with van der Waals surface area (Å²) in [4.78, 5) is 2.27. The van der Waals surface area contributed by atoms with Crippen molar-refractivity contribution >= 4 is 55.2 Å². The number of allylic oxidation sites excluding steroid dienone is 5. The Bertz CT molecular complexity index is 2050. The zero-order valence-electron chi connectivity index (χ0n) is 23.4. The van der Waals surface area contributed by atoms with E-state index in [9.17, 15) is 0 Å². The van der Waals surface area contributed by atoms with E-state index in [1.807, 2.05) is 30.4 Å². The van der Waals surface area contributed by atoms with Crippen LogP contribution in [0.1, 0.15) is 6.92 Å². The molecule has 198 valence electrons. The molecule has 1 aromatic heterocycles. The number of nitrogens with zero attached hydrogens (tertiary/aromatic N) is 1. The molecule has 0 aliphatic carbocycles. The summed E-state index contributed by atoms with van der Waals surface area (Å²) in [5.41, 5.74) is 13.4. The molecule has 1 nitrogen and oxygen atoms in total. The SMILES string of the molecule is C\C=C/C=C\C=C\N(c1ccccc1)c1ccc2c3c(sc2c1)B1c2ccc(-c4ccccc4)cc2-c2cccc-3c21. The summed E-state index contributed by atoms with van der Waals surface area (Å²) in [6, 6.07) is 42.2. The first kappa shape index (κ1) is 24.9. The van der Waals surface area contributed by atoms with Gasteiger partial charge in [0.05, 0.1) is 0 Å². The van der Waals surface area contributed by atoms with Crippen LogP contribution in [0.5, 0.6) is 0 Å². The first-order chi connectivity index (χ1) is 20.8. The first-order valence-electron chi connectivity index (χ1n) is 14.5.